The molecule has 8 atom stereocenters. The summed E-state index contributed by atoms with van der Waals surface area (Å²) in [5.41, 5.74) is 5.96. The van der Waals surface area contributed by atoms with E-state index in [1.807, 2.05) is 0 Å². The average Bonchev–Trinajstić information content (AvgIpc) is 2.74. The van der Waals surface area contributed by atoms with Crippen molar-refractivity contribution in [3.63, 3.8) is 0 Å². The van der Waals surface area contributed by atoms with E-state index >= 15 is 17.6 Å². The number of hydrogen-bond acceptors (Lipinski definition) is 1. The second-order valence-electron chi connectivity index (χ2n) is 11.3. The second-order valence-corrected chi connectivity index (χ2v) is 11.3. The summed E-state index contributed by atoms with van der Waals surface area (Å²) in [4.78, 5) is 0. The summed E-state index contributed by atoms with van der Waals surface area (Å²) < 4.78 is 60.7. The van der Waals surface area contributed by atoms with Crippen LogP contribution in [0.2, 0.25) is 0 Å². The van der Waals surface area contributed by atoms with Gasteiger partial charge in [-0.05, 0) is 106 Å². The summed E-state index contributed by atoms with van der Waals surface area (Å²) in [6.07, 6.45) is 3.59. The Morgan fingerprint density at radius 3 is 1.23 bits per heavy atom. The summed E-state index contributed by atoms with van der Waals surface area (Å²) in [7, 11) is 0. The Kier molecular flexibility index (Phi) is 7.37. The van der Waals surface area contributed by atoms with E-state index in [-0.39, 0.29) is 29.7 Å². The van der Waals surface area contributed by atoms with Crippen molar-refractivity contribution in [2.24, 2.45) is 47.2 Å². The molecular formula is C25H41F4N. The third-order valence-electron chi connectivity index (χ3n) is 9.55. The van der Waals surface area contributed by atoms with Crippen molar-refractivity contribution in [2.45, 2.75) is 115 Å². The minimum absolute atomic E-state index is 0.188. The summed E-state index contributed by atoms with van der Waals surface area (Å²) in [6.45, 7) is 2.23. The molecule has 1 nitrogen and oxygen atoms in total. The van der Waals surface area contributed by atoms with E-state index in [2.05, 4.69) is 6.92 Å². The van der Waals surface area contributed by atoms with Gasteiger partial charge in [-0.25, -0.2) is 17.6 Å². The molecule has 7 unspecified atom stereocenters. The first kappa shape index (κ1) is 22.9. The average molecular weight is 432 g/mol. The highest BCUT2D eigenvalue weighted by atomic mass is 19.2. The first-order valence-corrected chi connectivity index (χ1v) is 12.7. The predicted molar refractivity (Wildman–Crippen MR) is 113 cm³/mol. The molecule has 0 aromatic heterocycles. The van der Waals surface area contributed by atoms with E-state index < -0.39 is 36.5 Å². The van der Waals surface area contributed by atoms with Gasteiger partial charge >= 0.3 is 0 Å². The van der Waals surface area contributed by atoms with Gasteiger partial charge in [0.1, 0.15) is 24.7 Å². The van der Waals surface area contributed by atoms with Gasteiger partial charge in [-0.2, -0.15) is 0 Å². The van der Waals surface area contributed by atoms with Crippen LogP contribution in [0.25, 0.3) is 0 Å². The van der Waals surface area contributed by atoms with Gasteiger partial charge in [0, 0.05) is 6.04 Å². The molecule has 0 radical (unpaired) electrons. The Morgan fingerprint density at radius 1 is 0.467 bits per heavy atom. The van der Waals surface area contributed by atoms with E-state index in [0.29, 0.717) is 31.6 Å². The Labute approximate surface area is 179 Å². The largest absolute Gasteiger partial charge is 0.328 e. The van der Waals surface area contributed by atoms with Crippen molar-refractivity contribution >= 4 is 0 Å². The van der Waals surface area contributed by atoms with E-state index in [1.54, 1.807) is 0 Å². The minimum Gasteiger partial charge on any atom is -0.328 e. The molecule has 0 saturated heterocycles. The molecule has 30 heavy (non-hydrogen) atoms. The van der Waals surface area contributed by atoms with Gasteiger partial charge in [0.05, 0.1) is 0 Å². The van der Waals surface area contributed by atoms with E-state index in [9.17, 15) is 0 Å². The third-order valence-corrected chi connectivity index (χ3v) is 9.55. The minimum atomic E-state index is -1.65. The van der Waals surface area contributed by atoms with Crippen LogP contribution in [-0.4, -0.2) is 30.7 Å². The SMILES string of the molecule is CC1CCC(C2CCC(C3CC[C@@H](C4CCC(N)CC4)C(F)C3F)C(F)C2F)CC1. The third kappa shape index (κ3) is 4.57. The highest BCUT2D eigenvalue weighted by molar-refractivity contribution is 5.00. The van der Waals surface area contributed by atoms with Gasteiger partial charge < -0.3 is 5.73 Å². The van der Waals surface area contributed by atoms with Crippen LogP contribution in [-0.2, 0) is 0 Å². The van der Waals surface area contributed by atoms with Gasteiger partial charge in [0.2, 0.25) is 0 Å². The summed E-state index contributed by atoms with van der Waals surface area (Å²) in [6, 6.07) is 0.188. The van der Waals surface area contributed by atoms with E-state index in [1.165, 1.54) is 0 Å². The molecule has 4 rings (SSSR count). The van der Waals surface area contributed by atoms with Crippen LogP contribution in [0.4, 0.5) is 17.6 Å². The lowest BCUT2D eigenvalue weighted by Crippen LogP contribution is -2.50. The molecule has 0 bridgehead atoms. The smallest absolute Gasteiger partial charge is 0.135 e. The zero-order valence-corrected chi connectivity index (χ0v) is 18.5. The zero-order chi connectivity index (χ0) is 21.4. The molecule has 5 heteroatoms. The molecule has 0 aromatic carbocycles. The number of rotatable bonds is 3. The fourth-order valence-electron chi connectivity index (χ4n) is 7.53. The van der Waals surface area contributed by atoms with Crippen LogP contribution in [0.15, 0.2) is 0 Å². The molecule has 2 N–H and O–H groups in total. The lowest BCUT2D eigenvalue weighted by atomic mass is 9.61. The van der Waals surface area contributed by atoms with Crippen LogP contribution < -0.4 is 5.73 Å². The highest BCUT2D eigenvalue weighted by Crippen LogP contribution is 2.50. The molecule has 4 aliphatic carbocycles. The van der Waals surface area contributed by atoms with Crippen molar-refractivity contribution in [1.82, 2.24) is 0 Å². The molecule has 4 saturated carbocycles. The van der Waals surface area contributed by atoms with Gasteiger partial charge in [0.25, 0.3) is 0 Å². The summed E-state index contributed by atoms with van der Waals surface area (Å²) >= 11 is 0. The second kappa shape index (κ2) is 9.67. The monoisotopic (exact) mass is 431 g/mol. The van der Waals surface area contributed by atoms with Gasteiger partial charge in [-0.3, -0.25) is 0 Å². The van der Waals surface area contributed by atoms with Gasteiger partial charge in [-0.15, -0.1) is 0 Å². The van der Waals surface area contributed by atoms with Crippen molar-refractivity contribution in [3.8, 4) is 0 Å². The fraction of sp³-hybridized carbons (Fsp3) is 1.00. The van der Waals surface area contributed by atoms with Crippen LogP contribution in [0.1, 0.15) is 84.0 Å². The standard InChI is InChI=1S/C25H41F4N/c1-14-2-4-15(5-3-14)18-10-12-20(24(28)22(18)26)21-13-11-19(23(27)25(21)29)16-6-8-17(30)9-7-16/h14-25H,2-13,30H2,1H3/t14?,15?,16?,17?,18?,19-,20?,21?,22?,23?,24?,25?/m0/s1. The Hall–Kier alpha value is -0.320. The summed E-state index contributed by atoms with van der Waals surface area (Å²) in [5.74, 6) is -0.692. The quantitative estimate of drug-likeness (QED) is 0.492. The maximum atomic E-state index is 15.2. The Bertz CT molecular complexity index is 495. The lowest BCUT2D eigenvalue weighted by molar-refractivity contribution is -0.0811. The molecule has 0 spiro atoms. The molecule has 174 valence electrons. The molecule has 4 fully saturated rings. The number of halogens is 4. The van der Waals surface area contributed by atoms with Gasteiger partial charge in [-0.1, -0.05) is 19.8 Å². The molecule has 0 amide bonds. The Balaban J connectivity index is 1.35. The maximum absolute atomic E-state index is 15.2. The van der Waals surface area contributed by atoms with Crippen LogP contribution in [0, 0.1) is 41.4 Å². The first-order valence-electron chi connectivity index (χ1n) is 12.7. The van der Waals surface area contributed by atoms with Crippen LogP contribution in [0.3, 0.4) is 0 Å². The van der Waals surface area contributed by atoms with Crippen LogP contribution in [0.5, 0.6) is 0 Å². The van der Waals surface area contributed by atoms with Crippen LogP contribution >= 0.6 is 0 Å². The topological polar surface area (TPSA) is 26.0 Å². The zero-order valence-electron chi connectivity index (χ0n) is 18.5. The number of nitrogens with two attached hydrogens (primary N) is 1. The van der Waals surface area contributed by atoms with Gasteiger partial charge in [0.15, 0.2) is 0 Å². The molecule has 0 aliphatic heterocycles. The van der Waals surface area contributed by atoms with E-state index in [4.69, 9.17) is 5.73 Å². The van der Waals surface area contributed by atoms with Crippen molar-refractivity contribution in [2.75, 3.05) is 0 Å². The molecule has 0 heterocycles. The molecule has 0 aromatic rings. The first-order chi connectivity index (χ1) is 14.4. The maximum Gasteiger partial charge on any atom is 0.135 e. The summed E-state index contributed by atoms with van der Waals surface area (Å²) in [5, 5.41) is 0. The fourth-order valence-corrected chi connectivity index (χ4v) is 7.53. The number of hydrogen-bond donors (Lipinski definition) is 1. The molecule has 4 aliphatic rings. The number of alkyl halides is 4. The van der Waals surface area contributed by atoms with Crippen molar-refractivity contribution in [1.29, 1.82) is 0 Å². The highest BCUT2D eigenvalue weighted by Gasteiger charge is 2.52. The lowest BCUT2D eigenvalue weighted by Gasteiger charge is -2.47. The normalized spacial score (nSPS) is 53.4. The Morgan fingerprint density at radius 2 is 0.800 bits per heavy atom. The predicted octanol–water partition coefficient (Wildman–Crippen LogP) is 6.74. The molecular weight excluding hydrogens is 390 g/mol. The van der Waals surface area contributed by atoms with E-state index in [0.717, 1.165) is 51.4 Å². The van der Waals surface area contributed by atoms with Crippen molar-refractivity contribution in [3.05, 3.63) is 0 Å². The van der Waals surface area contributed by atoms with Crippen molar-refractivity contribution < 1.29 is 17.6 Å².